The fraction of sp³-hybridized carbons (Fsp3) is 0.0769. The van der Waals surface area contributed by atoms with E-state index in [2.05, 4.69) is 10.1 Å². The first-order valence-electron chi connectivity index (χ1n) is 5.63. The molecule has 3 rings (SSSR count). The third-order valence-corrected chi connectivity index (χ3v) is 3.00. The molecule has 3 nitrogen and oxygen atoms in total. The normalized spacial score (nSPS) is 12.0. The summed E-state index contributed by atoms with van der Waals surface area (Å²) in [5.74, 6) is 0.0334. The van der Waals surface area contributed by atoms with Gasteiger partial charge in [-0.1, -0.05) is 29.8 Å². The second-order valence-electron chi connectivity index (χ2n) is 4.15. The SMILES string of the molecule is FC(F)(F)c1cc(Cl)nc(-n2ncc3ccccc32)c1. The lowest BCUT2D eigenvalue weighted by Gasteiger charge is -2.09. The molecule has 3 aromatic rings. The van der Waals surface area contributed by atoms with E-state index in [4.69, 9.17) is 11.6 Å². The lowest BCUT2D eigenvalue weighted by molar-refractivity contribution is -0.137. The van der Waals surface area contributed by atoms with Gasteiger partial charge in [0.25, 0.3) is 0 Å². The summed E-state index contributed by atoms with van der Waals surface area (Å²) in [5, 5.41) is 4.64. The van der Waals surface area contributed by atoms with Crippen LogP contribution in [-0.2, 0) is 6.18 Å². The first kappa shape index (κ1) is 12.9. The number of aromatic nitrogens is 3. The van der Waals surface area contributed by atoms with Gasteiger partial charge in [-0.15, -0.1) is 0 Å². The highest BCUT2D eigenvalue weighted by Crippen LogP contribution is 2.32. The summed E-state index contributed by atoms with van der Waals surface area (Å²) in [5.41, 5.74) is -0.192. The van der Waals surface area contributed by atoms with Crippen LogP contribution < -0.4 is 0 Å². The van der Waals surface area contributed by atoms with Gasteiger partial charge in [0, 0.05) is 5.39 Å². The molecular formula is C13H7ClF3N3. The minimum atomic E-state index is -4.48. The third kappa shape index (κ3) is 2.22. The minimum absolute atomic E-state index is 0.0334. The number of benzene rings is 1. The van der Waals surface area contributed by atoms with Crippen LogP contribution in [0.5, 0.6) is 0 Å². The largest absolute Gasteiger partial charge is 0.416 e. The molecule has 2 heterocycles. The molecule has 0 aliphatic carbocycles. The maximum absolute atomic E-state index is 12.8. The zero-order chi connectivity index (χ0) is 14.3. The first-order chi connectivity index (χ1) is 9.45. The van der Waals surface area contributed by atoms with Gasteiger partial charge in [-0.05, 0) is 18.2 Å². The molecule has 0 unspecified atom stereocenters. The van der Waals surface area contributed by atoms with Gasteiger partial charge >= 0.3 is 6.18 Å². The Morgan fingerprint density at radius 2 is 1.85 bits per heavy atom. The lowest BCUT2D eigenvalue weighted by atomic mass is 10.2. The number of hydrogen-bond acceptors (Lipinski definition) is 2. The smallest absolute Gasteiger partial charge is 0.217 e. The van der Waals surface area contributed by atoms with Gasteiger partial charge in [-0.25, -0.2) is 9.67 Å². The van der Waals surface area contributed by atoms with Crippen molar-refractivity contribution in [2.45, 2.75) is 6.18 Å². The van der Waals surface area contributed by atoms with Crippen molar-refractivity contribution >= 4 is 22.5 Å². The number of hydrogen-bond donors (Lipinski definition) is 0. The minimum Gasteiger partial charge on any atom is -0.217 e. The molecule has 0 bridgehead atoms. The maximum Gasteiger partial charge on any atom is 0.416 e. The standard InChI is InChI=1S/C13H7ClF3N3/c14-11-5-9(13(15,16)17)6-12(19-11)20-10-4-2-1-3-8(10)7-18-20/h1-7H. The number of halogens is 4. The molecule has 0 spiro atoms. The van der Waals surface area contributed by atoms with Crippen molar-refractivity contribution in [3.05, 3.63) is 53.3 Å². The topological polar surface area (TPSA) is 30.7 Å². The molecule has 1 aromatic carbocycles. The summed E-state index contributed by atoms with van der Waals surface area (Å²) >= 11 is 5.67. The van der Waals surface area contributed by atoms with Crippen LogP contribution in [0.1, 0.15) is 5.56 Å². The van der Waals surface area contributed by atoms with Crippen LogP contribution >= 0.6 is 11.6 Å². The van der Waals surface area contributed by atoms with Gasteiger partial charge in [0.1, 0.15) is 5.15 Å². The molecule has 0 fully saturated rings. The number of nitrogens with zero attached hydrogens (tertiary/aromatic N) is 3. The Labute approximate surface area is 116 Å². The summed E-state index contributed by atoms with van der Waals surface area (Å²) in [4.78, 5) is 3.91. The third-order valence-electron chi connectivity index (χ3n) is 2.80. The fourth-order valence-electron chi connectivity index (χ4n) is 1.91. The average molecular weight is 298 g/mol. The molecular weight excluding hydrogens is 291 g/mol. The highest BCUT2D eigenvalue weighted by molar-refractivity contribution is 6.29. The van der Waals surface area contributed by atoms with Crippen molar-refractivity contribution in [3.8, 4) is 5.82 Å². The summed E-state index contributed by atoms with van der Waals surface area (Å²) in [6.45, 7) is 0. The number of rotatable bonds is 1. The lowest BCUT2D eigenvalue weighted by Crippen LogP contribution is -2.08. The molecule has 7 heteroatoms. The maximum atomic E-state index is 12.8. The number of pyridine rings is 1. The number of para-hydroxylation sites is 1. The van der Waals surface area contributed by atoms with Crippen LogP contribution in [0.2, 0.25) is 5.15 Å². The van der Waals surface area contributed by atoms with E-state index >= 15 is 0 Å². The average Bonchev–Trinajstić information content (AvgIpc) is 2.80. The zero-order valence-corrected chi connectivity index (χ0v) is 10.7. The van der Waals surface area contributed by atoms with Crippen LogP contribution in [0.15, 0.2) is 42.6 Å². The molecule has 0 aliphatic rings. The van der Waals surface area contributed by atoms with Gasteiger partial charge in [0.2, 0.25) is 0 Å². The van der Waals surface area contributed by atoms with E-state index in [0.29, 0.717) is 5.52 Å². The Kier molecular flexibility index (Phi) is 2.90. The van der Waals surface area contributed by atoms with Gasteiger partial charge < -0.3 is 0 Å². The summed E-state index contributed by atoms with van der Waals surface area (Å²) in [6, 6.07) is 8.87. The van der Waals surface area contributed by atoms with Crippen molar-refractivity contribution in [2.75, 3.05) is 0 Å². The van der Waals surface area contributed by atoms with E-state index < -0.39 is 11.7 Å². The molecule has 102 valence electrons. The monoisotopic (exact) mass is 297 g/mol. The quantitative estimate of drug-likeness (QED) is 0.633. The Morgan fingerprint density at radius 1 is 1.10 bits per heavy atom. The van der Waals surface area contributed by atoms with Crippen LogP contribution in [0.25, 0.3) is 16.7 Å². The van der Waals surface area contributed by atoms with E-state index in [9.17, 15) is 13.2 Å². The van der Waals surface area contributed by atoms with Crippen LogP contribution in [0, 0.1) is 0 Å². The highest BCUT2D eigenvalue weighted by atomic mass is 35.5. The Bertz CT molecular complexity index is 780. The van der Waals surface area contributed by atoms with Gasteiger partial charge in [-0.3, -0.25) is 0 Å². The Balaban J connectivity index is 2.22. The number of alkyl halides is 3. The highest BCUT2D eigenvalue weighted by Gasteiger charge is 2.31. The Hall–Kier alpha value is -2.08. The molecule has 0 amide bonds. The van der Waals surface area contributed by atoms with Gasteiger partial charge in [-0.2, -0.15) is 18.3 Å². The second kappa shape index (κ2) is 4.49. The fourth-order valence-corrected chi connectivity index (χ4v) is 2.11. The number of fused-ring (bicyclic) bond motifs is 1. The van der Waals surface area contributed by atoms with E-state index in [1.165, 1.54) is 4.68 Å². The molecule has 0 atom stereocenters. The Morgan fingerprint density at radius 3 is 2.60 bits per heavy atom. The van der Waals surface area contributed by atoms with Crippen molar-refractivity contribution < 1.29 is 13.2 Å². The van der Waals surface area contributed by atoms with E-state index in [1.807, 2.05) is 12.1 Å². The summed E-state index contributed by atoms with van der Waals surface area (Å²) in [6.07, 6.45) is -2.92. The molecule has 20 heavy (non-hydrogen) atoms. The van der Waals surface area contributed by atoms with E-state index in [0.717, 1.165) is 17.5 Å². The van der Waals surface area contributed by atoms with Crippen molar-refractivity contribution in [2.24, 2.45) is 0 Å². The van der Waals surface area contributed by atoms with Crippen LogP contribution in [0.4, 0.5) is 13.2 Å². The molecule has 0 N–H and O–H groups in total. The summed E-state index contributed by atoms with van der Waals surface area (Å²) < 4.78 is 39.7. The molecule has 2 aromatic heterocycles. The van der Waals surface area contributed by atoms with Crippen LogP contribution in [-0.4, -0.2) is 14.8 Å². The predicted molar refractivity (Wildman–Crippen MR) is 68.9 cm³/mol. The summed E-state index contributed by atoms with van der Waals surface area (Å²) in [7, 11) is 0. The second-order valence-corrected chi connectivity index (χ2v) is 4.54. The van der Waals surface area contributed by atoms with E-state index in [-0.39, 0.29) is 11.0 Å². The predicted octanol–water partition coefficient (Wildman–Crippen LogP) is 4.09. The van der Waals surface area contributed by atoms with Crippen LogP contribution in [0.3, 0.4) is 0 Å². The molecule has 0 saturated heterocycles. The van der Waals surface area contributed by atoms with Crippen molar-refractivity contribution in [1.82, 2.24) is 14.8 Å². The molecule has 0 aliphatic heterocycles. The zero-order valence-electron chi connectivity index (χ0n) is 9.89. The molecule has 0 saturated carbocycles. The van der Waals surface area contributed by atoms with Crippen molar-refractivity contribution in [1.29, 1.82) is 0 Å². The molecule has 0 radical (unpaired) electrons. The van der Waals surface area contributed by atoms with Crippen molar-refractivity contribution in [3.63, 3.8) is 0 Å². The van der Waals surface area contributed by atoms with Gasteiger partial charge in [0.05, 0.1) is 17.3 Å². The first-order valence-corrected chi connectivity index (χ1v) is 6.01. The van der Waals surface area contributed by atoms with E-state index in [1.54, 1.807) is 18.3 Å². The van der Waals surface area contributed by atoms with Gasteiger partial charge in [0.15, 0.2) is 5.82 Å².